The first-order valence-corrected chi connectivity index (χ1v) is 13.4. The molecule has 6 nitrogen and oxygen atoms in total. The summed E-state index contributed by atoms with van der Waals surface area (Å²) in [6.07, 6.45) is 8.97. The minimum Gasteiger partial charge on any atom is -0.338 e. The van der Waals surface area contributed by atoms with Crippen LogP contribution in [-0.4, -0.2) is 49.2 Å². The number of rotatable bonds is 4. The van der Waals surface area contributed by atoms with Crippen molar-refractivity contribution in [3.05, 3.63) is 48.3 Å². The number of carbonyl (C=O) groups excluding carboxylic acids is 1. The number of hydrogen-bond donors (Lipinski definition) is 0. The van der Waals surface area contributed by atoms with E-state index in [-0.39, 0.29) is 21.9 Å². The monoisotopic (exact) mass is 581 g/mol. The lowest BCUT2D eigenvalue weighted by atomic mass is 9.63. The molecule has 170 valence electrons. The van der Waals surface area contributed by atoms with Crippen LogP contribution < -0.4 is 9.80 Å². The largest absolute Gasteiger partial charge is 0.338 e. The van der Waals surface area contributed by atoms with Crippen molar-refractivity contribution in [2.45, 2.75) is 54.9 Å². The first-order chi connectivity index (χ1) is 15.3. The Morgan fingerprint density at radius 1 is 1.00 bits per heavy atom. The SMILES string of the molecule is CCC1(c2ccccc2)CCC2(CC1)CN(c1cnc(N3CC(P)(P)C3)nc1)C(=O)N2I. The smallest absolute Gasteiger partial charge is 0.334 e. The third kappa shape index (κ3) is 3.82. The molecule has 0 radical (unpaired) electrons. The zero-order valence-corrected chi connectivity index (χ0v) is 22.8. The fourth-order valence-electron chi connectivity index (χ4n) is 5.54. The maximum absolute atomic E-state index is 13.2. The molecular formula is C23H30IN5OP2. The molecule has 2 saturated heterocycles. The van der Waals surface area contributed by atoms with E-state index < -0.39 is 0 Å². The lowest BCUT2D eigenvalue weighted by Gasteiger charge is -2.46. The molecule has 1 spiro atoms. The van der Waals surface area contributed by atoms with Gasteiger partial charge in [0.25, 0.3) is 0 Å². The number of anilines is 2. The van der Waals surface area contributed by atoms with Crippen LogP contribution in [0.25, 0.3) is 0 Å². The number of nitrogens with zero attached hydrogens (tertiary/aromatic N) is 5. The van der Waals surface area contributed by atoms with Crippen LogP contribution >= 0.6 is 41.3 Å². The van der Waals surface area contributed by atoms with Gasteiger partial charge in [0.05, 0.1) is 53.0 Å². The van der Waals surface area contributed by atoms with Crippen LogP contribution in [0.4, 0.5) is 16.4 Å². The molecule has 1 aromatic heterocycles. The molecule has 32 heavy (non-hydrogen) atoms. The Balaban J connectivity index is 1.31. The van der Waals surface area contributed by atoms with Crippen molar-refractivity contribution in [3.63, 3.8) is 0 Å². The molecule has 1 saturated carbocycles. The summed E-state index contributed by atoms with van der Waals surface area (Å²) < 4.78 is 1.95. The van der Waals surface area contributed by atoms with E-state index in [1.165, 1.54) is 5.56 Å². The van der Waals surface area contributed by atoms with Crippen molar-refractivity contribution in [2.75, 3.05) is 29.4 Å². The molecule has 2 unspecified atom stereocenters. The molecule has 3 heterocycles. The van der Waals surface area contributed by atoms with E-state index in [0.29, 0.717) is 6.54 Å². The average Bonchev–Trinajstić information content (AvgIpc) is 3.04. The predicted molar refractivity (Wildman–Crippen MR) is 145 cm³/mol. The fraction of sp³-hybridized carbons (Fsp3) is 0.522. The van der Waals surface area contributed by atoms with Gasteiger partial charge in [-0.1, -0.05) is 37.3 Å². The highest BCUT2D eigenvalue weighted by Gasteiger charge is 2.53. The molecule has 0 N–H and O–H groups in total. The summed E-state index contributed by atoms with van der Waals surface area (Å²) in [6, 6.07) is 11.0. The number of hydrogen-bond acceptors (Lipinski definition) is 4. The second-order valence-electron chi connectivity index (χ2n) is 9.70. The van der Waals surface area contributed by atoms with Gasteiger partial charge in [-0.25, -0.2) is 14.8 Å². The van der Waals surface area contributed by atoms with Crippen molar-refractivity contribution in [3.8, 4) is 0 Å². The van der Waals surface area contributed by atoms with Gasteiger partial charge in [-0.2, -0.15) is 0 Å². The zero-order valence-electron chi connectivity index (χ0n) is 18.4. The summed E-state index contributed by atoms with van der Waals surface area (Å²) in [7, 11) is 5.72. The summed E-state index contributed by atoms with van der Waals surface area (Å²) in [5, 5.41) is 0. The molecule has 3 aliphatic rings. The molecule has 3 fully saturated rings. The topological polar surface area (TPSA) is 52.6 Å². The van der Waals surface area contributed by atoms with Crippen LogP contribution in [-0.2, 0) is 5.41 Å². The molecule has 2 amide bonds. The summed E-state index contributed by atoms with van der Waals surface area (Å²) in [6.45, 7) is 4.80. The van der Waals surface area contributed by atoms with Crippen molar-refractivity contribution in [1.29, 1.82) is 0 Å². The number of carbonyl (C=O) groups is 1. The minimum atomic E-state index is -0.125. The lowest BCUT2D eigenvalue weighted by molar-refractivity contribution is 0.149. The van der Waals surface area contributed by atoms with Gasteiger partial charge < -0.3 is 4.90 Å². The van der Waals surface area contributed by atoms with E-state index >= 15 is 0 Å². The summed E-state index contributed by atoms with van der Waals surface area (Å²) in [5.74, 6) is 0.732. The van der Waals surface area contributed by atoms with E-state index in [0.717, 1.165) is 56.8 Å². The van der Waals surface area contributed by atoms with Crippen LogP contribution in [0, 0.1) is 0 Å². The van der Waals surface area contributed by atoms with E-state index in [2.05, 4.69) is 93.5 Å². The van der Waals surface area contributed by atoms with Gasteiger partial charge in [-0.3, -0.25) is 8.01 Å². The zero-order chi connectivity index (χ0) is 22.6. The maximum atomic E-state index is 13.2. The van der Waals surface area contributed by atoms with Crippen molar-refractivity contribution < 1.29 is 4.79 Å². The molecular weight excluding hydrogens is 551 g/mol. The maximum Gasteiger partial charge on any atom is 0.334 e. The standard InChI is InChI=1S/C23H30IN5OP2/c1-2-21(17-6-4-3-5-7-17)8-10-22(11-9-21)14-28(20(30)29(22)24)18-12-25-19(26-13-18)27-15-23(31,32)16-27/h3-7,12-13H,2,8-11,14-16,31-32H2,1H3. The van der Waals surface area contributed by atoms with E-state index in [9.17, 15) is 4.79 Å². The van der Waals surface area contributed by atoms with Crippen LogP contribution in [0.15, 0.2) is 42.7 Å². The molecule has 0 bridgehead atoms. The van der Waals surface area contributed by atoms with E-state index in [1.807, 2.05) is 8.01 Å². The molecule has 9 heteroatoms. The number of benzene rings is 1. The Hall–Kier alpha value is -1.04. The second-order valence-corrected chi connectivity index (χ2v) is 13.6. The normalized spacial score (nSPS) is 29.5. The summed E-state index contributed by atoms with van der Waals surface area (Å²) in [4.78, 5) is 26.5. The minimum absolute atomic E-state index is 0.0449. The summed E-state index contributed by atoms with van der Waals surface area (Å²) >= 11 is 2.24. The first-order valence-electron chi connectivity index (χ1n) is 11.3. The molecule has 2 aliphatic heterocycles. The van der Waals surface area contributed by atoms with Gasteiger partial charge in [0.2, 0.25) is 5.95 Å². The van der Waals surface area contributed by atoms with Crippen LogP contribution in [0.2, 0.25) is 0 Å². The molecule has 5 rings (SSSR count). The van der Waals surface area contributed by atoms with E-state index in [1.54, 1.807) is 12.4 Å². The van der Waals surface area contributed by atoms with Gasteiger partial charge in [0.15, 0.2) is 0 Å². The number of halogens is 1. The van der Waals surface area contributed by atoms with Crippen molar-refractivity contribution in [2.24, 2.45) is 0 Å². The number of amides is 2. The van der Waals surface area contributed by atoms with Gasteiger partial charge >= 0.3 is 6.03 Å². The second kappa shape index (κ2) is 8.32. The molecule has 2 atom stereocenters. The Morgan fingerprint density at radius 2 is 1.62 bits per heavy atom. The Kier molecular flexibility index (Phi) is 5.91. The van der Waals surface area contributed by atoms with Crippen molar-refractivity contribution in [1.82, 2.24) is 13.1 Å². The van der Waals surface area contributed by atoms with E-state index in [4.69, 9.17) is 0 Å². The predicted octanol–water partition coefficient (Wildman–Crippen LogP) is 5.00. The molecule has 1 aromatic carbocycles. The highest BCUT2D eigenvalue weighted by Crippen LogP contribution is 2.51. The Bertz CT molecular complexity index is 987. The fourth-order valence-corrected chi connectivity index (χ4v) is 7.32. The third-order valence-electron chi connectivity index (χ3n) is 7.66. The molecule has 2 aromatic rings. The Morgan fingerprint density at radius 3 is 2.19 bits per heavy atom. The van der Waals surface area contributed by atoms with Gasteiger partial charge in [0.1, 0.15) is 0 Å². The first kappa shape index (κ1) is 22.7. The van der Waals surface area contributed by atoms with Gasteiger partial charge in [-0.05, 0) is 43.1 Å². The van der Waals surface area contributed by atoms with Crippen LogP contribution in [0.5, 0.6) is 0 Å². The van der Waals surface area contributed by atoms with Crippen molar-refractivity contribution >= 4 is 59.0 Å². The van der Waals surface area contributed by atoms with Crippen LogP contribution in [0.3, 0.4) is 0 Å². The number of aromatic nitrogens is 2. The third-order valence-corrected chi connectivity index (χ3v) is 9.82. The van der Waals surface area contributed by atoms with Crippen LogP contribution in [0.1, 0.15) is 44.6 Å². The summed E-state index contributed by atoms with van der Waals surface area (Å²) in [5.41, 5.74) is 2.32. The molecule has 1 aliphatic carbocycles. The average molecular weight is 581 g/mol. The van der Waals surface area contributed by atoms with Gasteiger partial charge in [0, 0.05) is 18.0 Å². The van der Waals surface area contributed by atoms with Gasteiger partial charge in [-0.15, -0.1) is 18.5 Å². The quantitative estimate of drug-likeness (QED) is 0.290. The highest BCUT2D eigenvalue weighted by atomic mass is 127. The lowest BCUT2D eigenvalue weighted by Crippen LogP contribution is -2.54. The number of urea groups is 1. The Labute approximate surface area is 208 Å². The highest BCUT2D eigenvalue weighted by molar-refractivity contribution is 14.1.